The minimum absolute atomic E-state index is 0.115. The maximum absolute atomic E-state index is 11.9. The van der Waals surface area contributed by atoms with E-state index in [1.54, 1.807) is 13.0 Å². The van der Waals surface area contributed by atoms with Crippen molar-refractivity contribution in [2.24, 2.45) is 0 Å². The van der Waals surface area contributed by atoms with Gasteiger partial charge in [-0.3, -0.25) is 4.79 Å². The fourth-order valence-corrected chi connectivity index (χ4v) is 2.15. The molecule has 0 aliphatic heterocycles. The number of hydrogen-bond donors (Lipinski definition) is 2. The molecule has 0 aromatic carbocycles. The van der Waals surface area contributed by atoms with Crippen LogP contribution in [0.3, 0.4) is 0 Å². The van der Waals surface area contributed by atoms with Crippen LogP contribution < -0.4 is 5.32 Å². The van der Waals surface area contributed by atoms with Crippen molar-refractivity contribution in [3.05, 3.63) is 23.7 Å². The minimum atomic E-state index is -0.412. The summed E-state index contributed by atoms with van der Waals surface area (Å²) in [5.74, 6) is 0.458. The first-order valence-corrected chi connectivity index (χ1v) is 5.71. The molecule has 4 heteroatoms. The van der Waals surface area contributed by atoms with Crippen molar-refractivity contribution >= 4 is 5.91 Å². The molecule has 1 aromatic rings. The van der Waals surface area contributed by atoms with Crippen LogP contribution in [0.2, 0.25) is 0 Å². The molecule has 2 rings (SSSR count). The molecule has 0 saturated heterocycles. The largest absolute Gasteiger partial charge is 0.469 e. The first-order chi connectivity index (χ1) is 7.68. The topological polar surface area (TPSA) is 62.5 Å². The van der Waals surface area contributed by atoms with Gasteiger partial charge in [0.25, 0.3) is 5.91 Å². The number of carbonyl (C=O) groups excluding carboxylic acids is 1. The smallest absolute Gasteiger partial charge is 0.255 e. The summed E-state index contributed by atoms with van der Waals surface area (Å²) in [5.41, 5.74) is 0.553. The summed E-state index contributed by atoms with van der Waals surface area (Å²) in [4.78, 5) is 11.9. The van der Waals surface area contributed by atoms with E-state index >= 15 is 0 Å². The molecule has 1 aliphatic rings. The maximum Gasteiger partial charge on any atom is 0.255 e. The standard InChI is InChI=1S/C12H17NO3/c1-8-9(6-7-16-8)12(15)13-10-4-2-3-5-11(10)14/h6-7,10-11,14H,2-5H2,1H3,(H,13,15)/t10-,11-/m0/s1. The Hall–Kier alpha value is -1.29. The van der Waals surface area contributed by atoms with Gasteiger partial charge in [0, 0.05) is 0 Å². The highest BCUT2D eigenvalue weighted by Gasteiger charge is 2.25. The predicted octanol–water partition coefficient (Wildman–Crippen LogP) is 1.62. The molecule has 1 saturated carbocycles. The molecule has 2 atom stereocenters. The molecule has 0 unspecified atom stereocenters. The molecule has 88 valence electrons. The molecular formula is C12H17NO3. The van der Waals surface area contributed by atoms with Crippen molar-refractivity contribution in [3.63, 3.8) is 0 Å². The van der Waals surface area contributed by atoms with Crippen LogP contribution in [-0.4, -0.2) is 23.2 Å². The number of carbonyl (C=O) groups is 1. The van der Waals surface area contributed by atoms with E-state index in [0.29, 0.717) is 11.3 Å². The third-order valence-corrected chi connectivity index (χ3v) is 3.15. The molecule has 0 bridgehead atoms. The summed E-state index contributed by atoms with van der Waals surface area (Å²) in [7, 11) is 0. The van der Waals surface area contributed by atoms with E-state index in [4.69, 9.17) is 4.42 Å². The second-order valence-corrected chi connectivity index (χ2v) is 4.32. The molecule has 1 amide bonds. The van der Waals surface area contributed by atoms with Gasteiger partial charge >= 0.3 is 0 Å². The summed E-state index contributed by atoms with van der Waals surface area (Å²) in [6, 6.07) is 1.54. The number of amides is 1. The molecule has 0 radical (unpaired) electrons. The van der Waals surface area contributed by atoms with Crippen molar-refractivity contribution in [3.8, 4) is 0 Å². The van der Waals surface area contributed by atoms with Crippen molar-refractivity contribution in [1.82, 2.24) is 5.32 Å². The maximum atomic E-state index is 11.9. The third kappa shape index (κ3) is 2.27. The number of furan rings is 1. The van der Waals surface area contributed by atoms with Gasteiger partial charge in [0.05, 0.1) is 24.0 Å². The summed E-state index contributed by atoms with van der Waals surface area (Å²) < 4.78 is 5.08. The van der Waals surface area contributed by atoms with Gasteiger partial charge in [0.15, 0.2) is 0 Å². The van der Waals surface area contributed by atoms with Crippen molar-refractivity contribution < 1.29 is 14.3 Å². The van der Waals surface area contributed by atoms with E-state index < -0.39 is 6.10 Å². The highest BCUT2D eigenvalue weighted by atomic mass is 16.3. The second-order valence-electron chi connectivity index (χ2n) is 4.32. The van der Waals surface area contributed by atoms with Crippen LogP contribution in [0.25, 0.3) is 0 Å². The van der Waals surface area contributed by atoms with E-state index in [2.05, 4.69) is 5.32 Å². The Morgan fingerprint density at radius 2 is 2.25 bits per heavy atom. The number of aryl methyl sites for hydroxylation is 1. The Morgan fingerprint density at radius 3 is 2.88 bits per heavy atom. The number of rotatable bonds is 2. The first kappa shape index (κ1) is 11.2. The third-order valence-electron chi connectivity index (χ3n) is 3.15. The first-order valence-electron chi connectivity index (χ1n) is 5.71. The summed E-state index contributed by atoms with van der Waals surface area (Å²) in [5, 5.41) is 12.6. The molecule has 0 spiro atoms. The van der Waals surface area contributed by atoms with Crippen LogP contribution in [-0.2, 0) is 0 Å². The second kappa shape index (κ2) is 4.70. The normalized spacial score (nSPS) is 25.4. The molecular weight excluding hydrogens is 206 g/mol. The van der Waals surface area contributed by atoms with E-state index in [-0.39, 0.29) is 11.9 Å². The Balaban J connectivity index is 1.99. The van der Waals surface area contributed by atoms with Gasteiger partial charge in [-0.1, -0.05) is 12.8 Å². The van der Waals surface area contributed by atoms with Gasteiger partial charge in [-0.05, 0) is 25.8 Å². The number of nitrogens with one attached hydrogen (secondary N) is 1. The fourth-order valence-electron chi connectivity index (χ4n) is 2.15. The Bertz CT molecular complexity index is 372. The lowest BCUT2D eigenvalue weighted by molar-refractivity contribution is 0.0716. The van der Waals surface area contributed by atoms with Crippen molar-refractivity contribution in [1.29, 1.82) is 0 Å². The van der Waals surface area contributed by atoms with Crippen LogP contribution in [0.15, 0.2) is 16.7 Å². The molecule has 1 heterocycles. The minimum Gasteiger partial charge on any atom is -0.469 e. The van der Waals surface area contributed by atoms with Crippen molar-refractivity contribution in [2.45, 2.75) is 44.8 Å². The van der Waals surface area contributed by atoms with Gasteiger partial charge in [0.1, 0.15) is 5.76 Å². The Labute approximate surface area is 94.6 Å². The zero-order valence-corrected chi connectivity index (χ0v) is 9.40. The average Bonchev–Trinajstić information content (AvgIpc) is 2.68. The number of aliphatic hydroxyl groups excluding tert-OH is 1. The Morgan fingerprint density at radius 1 is 1.50 bits per heavy atom. The van der Waals surface area contributed by atoms with E-state index in [1.807, 2.05) is 0 Å². The molecule has 1 fully saturated rings. The van der Waals surface area contributed by atoms with Crippen LogP contribution in [0.4, 0.5) is 0 Å². The lowest BCUT2D eigenvalue weighted by Crippen LogP contribution is -2.45. The van der Waals surface area contributed by atoms with E-state index in [1.165, 1.54) is 6.26 Å². The van der Waals surface area contributed by atoms with Crippen LogP contribution in [0.1, 0.15) is 41.8 Å². The highest BCUT2D eigenvalue weighted by molar-refractivity contribution is 5.95. The van der Waals surface area contributed by atoms with Crippen LogP contribution in [0, 0.1) is 6.92 Å². The monoisotopic (exact) mass is 223 g/mol. The molecule has 16 heavy (non-hydrogen) atoms. The van der Waals surface area contributed by atoms with Gasteiger partial charge < -0.3 is 14.8 Å². The lowest BCUT2D eigenvalue weighted by Gasteiger charge is -2.28. The fraction of sp³-hybridized carbons (Fsp3) is 0.583. The SMILES string of the molecule is Cc1occc1C(=O)N[C@H]1CCCC[C@@H]1O. The van der Waals surface area contributed by atoms with Gasteiger partial charge in [-0.15, -0.1) is 0 Å². The molecule has 1 aliphatic carbocycles. The van der Waals surface area contributed by atoms with Crippen LogP contribution >= 0.6 is 0 Å². The van der Waals surface area contributed by atoms with Gasteiger partial charge in [0.2, 0.25) is 0 Å². The zero-order chi connectivity index (χ0) is 11.5. The van der Waals surface area contributed by atoms with Gasteiger partial charge in [-0.2, -0.15) is 0 Å². The van der Waals surface area contributed by atoms with Crippen LogP contribution in [0.5, 0.6) is 0 Å². The lowest BCUT2D eigenvalue weighted by atomic mass is 9.92. The van der Waals surface area contributed by atoms with E-state index in [9.17, 15) is 9.90 Å². The molecule has 1 aromatic heterocycles. The summed E-state index contributed by atoms with van der Waals surface area (Å²) in [6.07, 6.45) is 4.82. The summed E-state index contributed by atoms with van der Waals surface area (Å²) >= 11 is 0. The van der Waals surface area contributed by atoms with Gasteiger partial charge in [-0.25, -0.2) is 0 Å². The number of hydrogen-bond acceptors (Lipinski definition) is 3. The highest BCUT2D eigenvalue weighted by Crippen LogP contribution is 2.19. The van der Waals surface area contributed by atoms with E-state index in [0.717, 1.165) is 25.7 Å². The quantitative estimate of drug-likeness (QED) is 0.800. The van der Waals surface area contributed by atoms with Crippen molar-refractivity contribution in [2.75, 3.05) is 0 Å². The zero-order valence-electron chi connectivity index (χ0n) is 9.40. The summed E-state index contributed by atoms with van der Waals surface area (Å²) in [6.45, 7) is 1.76. The Kier molecular flexibility index (Phi) is 3.29. The molecule has 2 N–H and O–H groups in total. The average molecular weight is 223 g/mol. The number of aliphatic hydroxyl groups is 1. The predicted molar refractivity (Wildman–Crippen MR) is 59.2 cm³/mol. The molecule has 4 nitrogen and oxygen atoms in total.